The molecule has 0 saturated carbocycles. The van der Waals surface area contributed by atoms with E-state index in [9.17, 15) is 9.18 Å². The van der Waals surface area contributed by atoms with Gasteiger partial charge in [0.05, 0.1) is 24.6 Å². The van der Waals surface area contributed by atoms with Crippen LogP contribution < -0.4 is 0 Å². The monoisotopic (exact) mass is 371 g/mol. The first kappa shape index (κ1) is 16.7. The van der Waals surface area contributed by atoms with Crippen molar-refractivity contribution < 1.29 is 9.18 Å². The van der Waals surface area contributed by atoms with Crippen molar-refractivity contribution in [2.45, 2.75) is 12.1 Å². The molecule has 132 valence electrons. The van der Waals surface area contributed by atoms with Crippen LogP contribution in [0.5, 0.6) is 0 Å². The maximum absolute atomic E-state index is 14.5. The normalized spacial score (nSPS) is 19.7. The Bertz CT molecular complexity index is 915. The molecule has 1 aromatic carbocycles. The van der Waals surface area contributed by atoms with Gasteiger partial charge in [-0.15, -0.1) is 0 Å². The Morgan fingerprint density at radius 1 is 1.19 bits per heavy atom. The highest BCUT2D eigenvalue weighted by atomic mass is 35.5. The zero-order valence-electron chi connectivity index (χ0n) is 13.6. The van der Waals surface area contributed by atoms with E-state index in [1.807, 2.05) is 0 Å². The van der Waals surface area contributed by atoms with Gasteiger partial charge >= 0.3 is 0 Å². The van der Waals surface area contributed by atoms with Gasteiger partial charge in [0.25, 0.3) is 5.91 Å². The molecule has 0 unspecified atom stereocenters. The molecule has 0 bridgehead atoms. The molecule has 1 N–H and O–H groups in total. The molecule has 3 aromatic rings. The number of aromatic amines is 1. The zero-order chi connectivity index (χ0) is 18.1. The Hall–Kier alpha value is -2.80. The molecule has 1 aliphatic heterocycles. The van der Waals surface area contributed by atoms with Crippen LogP contribution in [-0.2, 0) is 0 Å². The van der Waals surface area contributed by atoms with E-state index in [4.69, 9.17) is 11.6 Å². The number of amides is 1. The first-order valence-corrected chi connectivity index (χ1v) is 8.51. The summed E-state index contributed by atoms with van der Waals surface area (Å²) in [6.45, 7) is 0.365. The fourth-order valence-electron chi connectivity index (χ4n) is 3.15. The van der Waals surface area contributed by atoms with Crippen LogP contribution in [-0.4, -0.2) is 50.5 Å². The Labute approximate surface area is 154 Å². The number of halogens is 2. The number of aromatic nitrogens is 4. The highest BCUT2D eigenvalue weighted by Crippen LogP contribution is 2.31. The molecule has 1 saturated heterocycles. The van der Waals surface area contributed by atoms with Crippen LogP contribution in [0.3, 0.4) is 0 Å². The molecule has 6 nitrogen and oxygen atoms in total. The highest BCUT2D eigenvalue weighted by molar-refractivity contribution is 6.30. The number of hydrogen-bond donors (Lipinski definition) is 1. The molecule has 0 spiro atoms. The Morgan fingerprint density at radius 2 is 2.00 bits per heavy atom. The van der Waals surface area contributed by atoms with Gasteiger partial charge in [-0.3, -0.25) is 9.89 Å². The van der Waals surface area contributed by atoms with Crippen molar-refractivity contribution in [1.29, 1.82) is 0 Å². The van der Waals surface area contributed by atoms with E-state index in [0.717, 1.165) is 11.1 Å². The predicted octanol–water partition coefficient (Wildman–Crippen LogP) is 3.10. The van der Waals surface area contributed by atoms with Crippen molar-refractivity contribution in [3.05, 3.63) is 65.1 Å². The van der Waals surface area contributed by atoms with E-state index >= 15 is 0 Å². The van der Waals surface area contributed by atoms with Crippen LogP contribution in [0.1, 0.15) is 22.0 Å². The summed E-state index contributed by atoms with van der Waals surface area (Å²) >= 11 is 5.89. The number of carbonyl (C=O) groups excluding carboxylic acids is 1. The minimum absolute atomic E-state index is 0.0529. The summed E-state index contributed by atoms with van der Waals surface area (Å²) in [4.78, 5) is 14.2. The summed E-state index contributed by atoms with van der Waals surface area (Å²) in [7, 11) is 0. The maximum Gasteiger partial charge on any atom is 0.272 e. The number of nitrogens with one attached hydrogen (secondary N) is 1. The average Bonchev–Trinajstić information content (AvgIpc) is 3.30. The standard InChI is InChI=1S/C18H15ClFN5O/c19-13-3-1-11(2-4-13)14-9-25(10-15(14)20)18(26)17-7-16(23-24-17)12-5-6-21-22-8-12/h1-8,14-15H,9-10H2,(H,23,24)/t14-,15+/m1/s1. The Balaban J connectivity index is 1.51. The van der Waals surface area contributed by atoms with Gasteiger partial charge < -0.3 is 4.90 Å². The van der Waals surface area contributed by atoms with Crippen LogP contribution in [0, 0.1) is 0 Å². The smallest absolute Gasteiger partial charge is 0.272 e. The number of carbonyl (C=O) groups is 1. The minimum Gasteiger partial charge on any atom is -0.334 e. The molecular weight excluding hydrogens is 357 g/mol. The lowest BCUT2D eigenvalue weighted by Gasteiger charge is -2.15. The molecule has 1 amide bonds. The summed E-state index contributed by atoms with van der Waals surface area (Å²) in [6.07, 6.45) is 2.00. The number of nitrogens with zero attached hydrogens (tertiary/aromatic N) is 4. The molecule has 1 fully saturated rings. The van der Waals surface area contributed by atoms with Crippen LogP contribution in [0.2, 0.25) is 5.02 Å². The third-order valence-corrected chi connectivity index (χ3v) is 4.77. The molecule has 0 aliphatic carbocycles. The van der Waals surface area contributed by atoms with Crippen molar-refractivity contribution in [2.24, 2.45) is 0 Å². The first-order chi connectivity index (χ1) is 12.6. The summed E-state index contributed by atoms with van der Waals surface area (Å²) in [6, 6.07) is 10.5. The van der Waals surface area contributed by atoms with Crippen LogP contribution in [0.4, 0.5) is 4.39 Å². The summed E-state index contributed by atoms with van der Waals surface area (Å²) in [5, 5.41) is 15.0. The Kier molecular flexibility index (Phi) is 4.38. The van der Waals surface area contributed by atoms with Gasteiger partial charge in [-0.25, -0.2) is 4.39 Å². The van der Waals surface area contributed by atoms with E-state index in [1.54, 1.807) is 48.8 Å². The third-order valence-electron chi connectivity index (χ3n) is 4.52. The van der Waals surface area contributed by atoms with Crippen LogP contribution >= 0.6 is 11.6 Å². The van der Waals surface area contributed by atoms with E-state index in [0.29, 0.717) is 23.0 Å². The molecule has 26 heavy (non-hydrogen) atoms. The zero-order valence-corrected chi connectivity index (χ0v) is 14.4. The van der Waals surface area contributed by atoms with Gasteiger partial charge in [0.1, 0.15) is 11.9 Å². The minimum atomic E-state index is -1.12. The van der Waals surface area contributed by atoms with Gasteiger partial charge in [0, 0.05) is 23.0 Å². The van der Waals surface area contributed by atoms with Gasteiger partial charge in [-0.05, 0) is 29.8 Å². The maximum atomic E-state index is 14.5. The van der Waals surface area contributed by atoms with Crippen molar-refractivity contribution in [3.63, 3.8) is 0 Å². The second kappa shape index (κ2) is 6.84. The molecule has 2 aromatic heterocycles. The molecular formula is C18H15ClFN5O. The van der Waals surface area contributed by atoms with Gasteiger partial charge in [0.2, 0.25) is 0 Å². The SMILES string of the molecule is O=C(c1cc(-c2ccnnc2)n[nH]1)N1C[C@H](c2ccc(Cl)cc2)[C@@H](F)C1. The highest BCUT2D eigenvalue weighted by Gasteiger charge is 2.37. The largest absolute Gasteiger partial charge is 0.334 e. The number of H-pyrrole nitrogens is 1. The average molecular weight is 372 g/mol. The molecule has 3 heterocycles. The molecule has 4 rings (SSSR count). The Morgan fingerprint density at radius 3 is 2.73 bits per heavy atom. The molecule has 8 heteroatoms. The fraction of sp³-hybridized carbons (Fsp3) is 0.222. The second-order valence-electron chi connectivity index (χ2n) is 6.18. The molecule has 1 aliphatic rings. The van der Waals surface area contributed by atoms with Crippen molar-refractivity contribution in [3.8, 4) is 11.3 Å². The quantitative estimate of drug-likeness (QED) is 0.767. The van der Waals surface area contributed by atoms with Gasteiger partial charge in [-0.2, -0.15) is 15.3 Å². The van der Waals surface area contributed by atoms with E-state index in [1.165, 1.54) is 4.90 Å². The number of likely N-dealkylation sites (tertiary alicyclic amines) is 1. The lowest BCUT2D eigenvalue weighted by Crippen LogP contribution is -2.29. The molecule has 0 radical (unpaired) electrons. The lowest BCUT2D eigenvalue weighted by atomic mass is 9.97. The number of benzene rings is 1. The summed E-state index contributed by atoms with van der Waals surface area (Å²) in [5.74, 6) is -0.632. The number of hydrogen-bond acceptors (Lipinski definition) is 4. The fourth-order valence-corrected chi connectivity index (χ4v) is 3.27. The first-order valence-electron chi connectivity index (χ1n) is 8.13. The number of alkyl halides is 1. The van der Waals surface area contributed by atoms with Gasteiger partial charge in [0.15, 0.2) is 0 Å². The lowest BCUT2D eigenvalue weighted by molar-refractivity contribution is 0.0776. The third kappa shape index (κ3) is 3.17. The summed E-state index contributed by atoms with van der Waals surface area (Å²) < 4.78 is 14.5. The predicted molar refractivity (Wildman–Crippen MR) is 94.6 cm³/mol. The molecule has 2 atom stereocenters. The number of rotatable bonds is 3. The van der Waals surface area contributed by atoms with E-state index in [-0.39, 0.29) is 18.4 Å². The second-order valence-corrected chi connectivity index (χ2v) is 6.62. The van der Waals surface area contributed by atoms with Crippen LogP contribution in [0.15, 0.2) is 48.8 Å². The van der Waals surface area contributed by atoms with E-state index in [2.05, 4.69) is 20.4 Å². The van der Waals surface area contributed by atoms with Crippen molar-refractivity contribution in [1.82, 2.24) is 25.3 Å². The van der Waals surface area contributed by atoms with Crippen molar-refractivity contribution in [2.75, 3.05) is 13.1 Å². The van der Waals surface area contributed by atoms with Crippen LogP contribution in [0.25, 0.3) is 11.3 Å². The van der Waals surface area contributed by atoms with E-state index < -0.39 is 6.17 Å². The topological polar surface area (TPSA) is 74.8 Å². The summed E-state index contributed by atoms with van der Waals surface area (Å²) in [5.41, 5.74) is 2.50. The van der Waals surface area contributed by atoms with Crippen molar-refractivity contribution >= 4 is 17.5 Å². The van der Waals surface area contributed by atoms with Gasteiger partial charge in [-0.1, -0.05) is 23.7 Å².